The van der Waals surface area contributed by atoms with Gasteiger partial charge < -0.3 is 4.84 Å². The zero-order valence-corrected chi connectivity index (χ0v) is 8.69. The van der Waals surface area contributed by atoms with Gasteiger partial charge in [-0.3, -0.25) is 4.90 Å². The number of thioether (sulfide) groups is 1. The average molecular weight is 190 g/mol. The van der Waals surface area contributed by atoms with Crippen molar-refractivity contribution in [2.75, 3.05) is 32.0 Å². The predicted molar refractivity (Wildman–Crippen MR) is 53.1 cm³/mol. The molecule has 1 saturated heterocycles. The van der Waals surface area contributed by atoms with Gasteiger partial charge in [0.05, 0.1) is 6.61 Å². The summed E-state index contributed by atoms with van der Waals surface area (Å²) in [5.74, 6) is 6.20. The van der Waals surface area contributed by atoms with Crippen molar-refractivity contribution >= 4 is 11.8 Å². The summed E-state index contributed by atoms with van der Waals surface area (Å²) in [6.45, 7) is 8.47. The lowest BCUT2D eigenvalue weighted by Gasteiger charge is -2.37. The van der Waals surface area contributed by atoms with Crippen LogP contribution in [0.3, 0.4) is 0 Å². The second kappa shape index (κ2) is 4.46. The van der Waals surface area contributed by atoms with E-state index in [1.54, 1.807) is 0 Å². The Morgan fingerprint density at radius 2 is 2.33 bits per heavy atom. The Bertz CT molecular complexity index is 141. The maximum Gasteiger partial charge on any atom is 0.0806 e. The number of hydrogen-bond donors (Lipinski definition) is 1. The monoisotopic (exact) mass is 190 g/mol. The molecule has 0 unspecified atom stereocenters. The third-order valence-corrected chi connectivity index (χ3v) is 3.33. The number of hydrogen-bond acceptors (Lipinski definition) is 4. The van der Waals surface area contributed by atoms with E-state index < -0.39 is 0 Å². The Labute approximate surface area is 78.6 Å². The highest BCUT2D eigenvalue weighted by atomic mass is 32.2. The van der Waals surface area contributed by atoms with E-state index in [0.717, 1.165) is 19.6 Å². The van der Waals surface area contributed by atoms with Gasteiger partial charge in [-0.2, -0.15) is 11.8 Å². The fraction of sp³-hybridized carbons (Fsp3) is 1.00. The van der Waals surface area contributed by atoms with Crippen LogP contribution >= 0.6 is 11.8 Å². The molecule has 0 aromatic heterocycles. The molecule has 4 heteroatoms. The van der Waals surface area contributed by atoms with Crippen LogP contribution in [0.4, 0.5) is 0 Å². The molecule has 1 aliphatic heterocycles. The molecular weight excluding hydrogens is 172 g/mol. The predicted octanol–water partition coefficient (Wildman–Crippen LogP) is 0.704. The zero-order chi connectivity index (χ0) is 9.03. The first-order valence-electron chi connectivity index (χ1n) is 4.32. The lowest BCUT2D eigenvalue weighted by Crippen LogP contribution is -2.44. The van der Waals surface area contributed by atoms with E-state index in [2.05, 4.69) is 23.6 Å². The van der Waals surface area contributed by atoms with Gasteiger partial charge in [0.2, 0.25) is 0 Å². The highest BCUT2D eigenvalue weighted by molar-refractivity contribution is 8.00. The van der Waals surface area contributed by atoms with Crippen molar-refractivity contribution < 1.29 is 4.84 Å². The topological polar surface area (TPSA) is 38.5 Å². The summed E-state index contributed by atoms with van der Waals surface area (Å²) in [6.07, 6.45) is 0. The minimum atomic E-state index is 0.396. The Hall–Kier alpha value is 0.230. The fourth-order valence-corrected chi connectivity index (χ4v) is 2.66. The summed E-state index contributed by atoms with van der Waals surface area (Å²) in [5.41, 5.74) is 0. The molecule has 3 nitrogen and oxygen atoms in total. The lowest BCUT2D eigenvalue weighted by atomic mass is 10.2. The quantitative estimate of drug-likeness (QED) is 0.665. The Morgan fingerprint density at radius 3 is 2.92 bits per heavy atom. The van der Waals surface area contributed by atoms with Crippen LogP contribution in [0.5, 0.6) is 0 Å². The summed E-state index contributed by atoms with van der Waals surface area (Å²) >= 11 is 2.04. The second-order valence-electron chi connectivity index (χ2n) is 3.76. The van der Waals surface area contributed by atoms with Crippen LogP contribution in [0.1, 0.15) is 13.8 Å². The SMILES string of the molecule is CC1(C)CN(CCON)CCS1. The molecular formula is C8H18N2OS. The van der Waals surface area contributed by atoms with Crippen molar-refractivity contribution in [2.24, 2.45) is 5.90 Å². The molecule has 0 aromatic rings. The molecule has 1 fully saturated rings. The van der Waals surface area contributed by atoms with Crippen molar-refractivity contribution in [3.8, 4) is 0 Å². The van der Waals surface area contributed by atoms with Gasteiger partial charge in [-0.1, -0.05) is 0 Å². The molecule has 0 spiro atoms. The number of rotatable bonds is 3. The molecule has 0 amide bonds. The molecule has 1 aliphatic rings. The minimum Gasteiger partial charge on any atom is -0.303 e. The third-order valence-electron chi connectivity index (χ3n) is 2.03. The van der Waals surface area contributed by atoms with E-state index in [-0.39, 0.29) is 0 Å². The van der Waals surface area contributed by atoms with Crippen LogP contribution in [0.25, 0.3) is 0 Å². The van der Waals surface area contributed by atoms with Crippen LogP contribution in [0, 0.1) is 0 Å². The second-order valence-corrected chi connectivity index (χ2v) is 5.56. The molecule has 2 N–H and O–H groups in total. The first kappa shape index (κ1) is 10.3. The number of nitrogens with two attached hydrogens (primary N) is 1. The van der Waals surface area contributed by atoms with Crippen LogP contribution in [0.2, 0.25) is 0 Å². The van der Waals surface area contributed by atoms with E-state index in [1.807, 2.05) is 11.8 Å². The third kappa shape index (κ3) is 3.31. The van der Waals surface area contributed by atoms with Crippen LogP contribution in [-0.4, -0.2) is 41.6 Å². The average Bonchev–Trinajstić information content (AvgIpc) is 1.99. The summed E-state index contributed by atoms with van der Waals surface area (Å²) in [5, 5.41) is 0. The Balaban J connectivity index is 2.26. The Kier molecular flexibility index (Phi) is 3.83. The molecule has 0 radical (unpaired) electrons. The Morgan fingerprint density at radius 1 is 1.58 bits per heavy atom. The standard InChI is InChI=1S/C8H18N2OS/c1-8(2)7-10(3-5-11-9)4-6-12-8/h3-7,9H2,1-2H3. The van der Waals surface area contributed by atoms with E-state index in [1.165, 1.54) is 5.75 Å². The lowest BCUT2D eigenvalue weighted by molar-refractivity contribution is 0.104. The maximum atomic E-state index is 4.98. The van der Waals surface area contributed by atoms with Gasteiger partial charge in [-0.15, -0.1) is 0 Å². The van der Waals surface area contributed by atoms with Crippen molar-refractivity contribution in [1.29, 1.82) is 0 Å². The molecule has 12 heavy (non-hydrogen) atoms. The van der Waals surface area contributed by atoms with Gasteiger partial charge in [-0.25, -0.2) is 5.90 Å². The summed E-state index contributed by atoms with van der Waals surface area (Å²) in [4.78, 5) is 6.97. The van der Waals surface area contributed by atoms with E-state index >= 15 is 0 Å². The van der Waals surface area contributed by atoms with Crippen molar-refractivity contribution in [1.82, 2.24) is 4.90 Å². The van der Waals surface area contributed by atoms with Crippen molar-refractivity contribution in [2.45, 2.75) is 18.6 Å². The maximum absolute atomic E-state index is 4.98. The van der Waals surface area contributed by atoms with E-state index in [0.29, 0.717) is 11.4 Å². The first-order valence-corrected chi connectivity index (χ1v) is 5.31. The van der Waals surface area contributed by atoms with Gasteiger partial charge in [0.15, 0.2) is 0 Å². The summed E-state index contributed by atoms with van der Waals surface area (Å²) in [6, 6.07) is 0. The van der Waals surface area contributed by atoms with Crippen molar-refractivity contribution in [3.63, 3.8) is 0 Å². The van der Waals surface area contributed by atoms with E-state index in [9.17, 15) is 0 Å². The van der Waals surface area contributed by atoms with Gasteiger partial charge in [0.25, 0.3) is 0 Å². The summed E-state index contributed by atoms with van der Waals surface area (Å²) < 4.78 is 0.396. The number of nitrogens with zero attached hydrogens (tertiary/aromatic N) is 1. The van der Waals surface area contributed by atoms with Crippen LogP contribution in [0.15, 0.2) is 0 Å². The first-order chi connectivity index (χ1) is 5.64. The van der Waals surface area contributed by atoms with Gasteiger partial charge in [0, 0.05) is 30.1 Å². The van der Waals surface area contributed by atoms with Gasteiger partial charge in [-0.05, 0) is 13.8 Å². The molecule has 0 saturated carbocycles. The highest BCUT2D eigenvalue weighted by Gasteiger charge is 2.26. The molecule has 0 aromatic carbocycles. The minimum absolute atomic E-state index is 0.396. The zero-order valence-electron chi connectivity index (χ0n) is 7.88. The highest BCUT2D eigenvalue weighted by Crippen LogP contribution is 2.28. The van der Waals surface area contributed by atoms with Crippen molar-refractivity contribution in [3.05, 3.63) is 0 Å². The molecule has 1 rings (SSSR count). The molecule has 0 atom stereocenters. The molecule has 0 bridgehead atoms. The summed E-state index contributed by atoms with van der Waals surface area (Å²) in [7, 11) is 0. The van der Waals surface area contributed by atoms with Gasteiger partial charge in [0.1, 0.15) is 0 Å². The van der Waals surface area contributed by atoms with E-state index in [4.69, 9.17) is 5.90 Å². The molecule has 1 heterocycles. The molecule has 0 aliphatic carbocycles. The largest absolute Gasteiger partial charge is 0.303 e. The normalized spacial score (nSPS) is 24.2. The van der Waals surface area contributed by atoms with Crippen LogP contribution in [-0.2, 0) is 4.84 Å². The van der Waals surface area contributed by atoms with Crippen LogP contribution < -0.4 is 5.90 Å². The van der Waals surface area contributed by atoms with Gasteiger partial charge >= 0.3 is 0 Å². The fourth-order valence-electron chi connectivity index (χ4n) is 1.49. The molecule has 72 valence electrons. The smallest absolute Gasteiger partial charge is 0.0806 e.